The van der Waals surface area contributed by atoms with Crippen LogP contribution in [0, 0.1) is 81.8 Å². The minimum atomic E-state index is -0.444. The van der Waals surface area contributed by atoms with Gasteiger partial charge in [0.2, 0.25) is 5.91 Å². The van der Waals surface area contributed by atoms with Crippen LogP contribution < -0.4 is 9.47 Å². The molecule has 2 aromatic carbocycles. The first-order valence-corrected chi connectivity index (χ1v) is 26.5. The molecule has 8 nitrogen and oxygen atoms in total. The maximum atomic E-state index is 13.5. The molecule has 0 unspecified atom stereocenters. The minimum Gasteiger partial charge on any atom is -0.497 e. The van der Waals surface area contributed by atoms with Gasteiger partial charge in [-0.1, -0.05) is 37.2 Å². The quantitative estimate of drug-likeness (QED) is 0.219. The van der Waals surface area contributed by atoms with E-state index >= 15 is 0 Å². The Morgan fingerprint density at radius 3 is 1.44 bits per heavy atom. The number of amides is 1. The highest BCUT2D eigenvalue weighted by molar-refractivity contribution is 9.10. The molecule has 0 bridgehead atoms. The van der Waals surface area contributed by atoms with Crippen LogP contribution in [0.2, 0.25) is 0 Å². The van der Waals surface area contributed by atoms with Crippen LogP contribution in [0.4, 0.5) is 0 Å². The molecule has 2 aromatic rings. The maximum absolute atomic E-state index is 13.5. The Kier molecular flexibility index (Phi) is 15.9. The number of benzene rings is 2. The number of nitrogens with zero attached hydrogens (tertiary/aromatic N) is 1. The number of hydroxylamine groups is 2. The van der Waals surface area contributed by atoms with Crippen LogP contribution in [0.25, 0.3) is 0 Å². The van der Waals surface area contributed by atoms with Gasteiger partial charge < -0.3 is 19.7 Å². The normalized spacial score (nSPS) is 41.7. The van der Waals surface area contributed by atoms with Crippen LogP contribution >= 0.6 is 15.9 Å². The molecule has 0 aliphatic heterocycles. The third kappa shape index (κ3) is 10.1. The Labute approximate surface area is 407 Å². The van der Waals surface area contributed by atoms with Crippen LogP contribution in [-0.4, -0.2) is 66.5 Å². The molecule has 9 heteroatoms. The lowest BCUT2D eigenvalue weighted by Gasteiger charge is -2.56. The number of hydrogen-bond acceptors (Lipinski definition) is 7. The number of halogens is 1. The molecule has 16 atom stereocenters. The molecule has 8 aliphatic carbocycles. The van der Waals surface area contributed by atoms with Crippen molar-refractivity contribution in [2.24, 2.45) is 81.8 Å². The smallest absolute Gasteiger partial charge is 0.249 e. The molecule has 10 rings (SSSR count). The van der Waals surface area contributed by atoms with Crippen LogP contribution in [-0.2, 0) is 9.63 Å². The van der Waals surface area contributed by atoms with Gasteiger partial charge in [-0.25, -0.2) is 5.06 Å². The number of methoxy groups -OCH3 is 2. The van der Waals surface area contributed by atoms with Crippen molar-refractivity contribution < 1.29 is 34.1 Å². The maximum Gasteiger partial charge on any atom is 0.249 e. The summed E-state index contributed by atoms with van der Waals surface area (Å²) < 4.78 is 11.3. The first kappa shape index (κ1) is 51.4. The summed E-state index contributed by atoms with van der Waals surface area (Å²) in [6.45, 7) is 8.90. The first-order valence-electron chi connectivity index (χ1n) is 25.7. The summed E-state index contributed by atoms with van der Waals surface area (Å²) in [5.41, 5.74) is 0.277. The molecule has 8 fully saturated rings. The van der Waals surface area contributed by atoms with Gasteiger partial charge in [0.25, 0.3) is 0 Å². The van der Waals surface area contributed by atoms with Crippen molar-refractivity contribution in [3.05, 3.63) is 58.6 Å². The van der Waals surface area contributed by atoms with E-state index < -0.39 is 11.2 Å². The number of Topliss-reactive ketones (excluding diaryl/α,β-unsaturated/α-hetero) is 1. The molecule has 0 saturated heterocycles. The number of hydrogen-bond donors (Lipinski definition) is 2. The van der Waals surface area contributed by atoms with E-state index in [0.717, 1.165) is 107 Å². The number of fused-ring (bicyclic) bond motifs is 10. The molecule has 1 amide bonds. The van der Waals surface area contributed by atoms with Crippen LogP contribution in [0.1, 0.15) is 161 Å². The number of carbonyl (C=O) groups is 2. The van der Waals surface area contributed by atoms with Crippen molar-refractivity contribution in [2.75, 3.05) is 28.4 Å². The van der Waals surface area contributed by atoms with Crippen molar-refractivity contribution in [3.63, 3.8) is 0 Å². The zero-order valence-electron chi connectivity index (χ0n) is 41.0. The first-order chi connectivity index (χ1) is 30.9. The fourth-order valence-electron chi connectivity index (χ4n) is 16.8. The van der Waals surface area contributed by atoms with Gasteiger partial charge in [-0.2, -0.15) is 0 Å². The molecule has 0 heterocycles. The molecule has 0 aromatic heterocycles. The van der Waals surface area contributed by atoms with Gasteiger partial charge in [0.1, 0.15) is 11.5 Å². The van der Waals surface area contributed by atoms with Crippen molar-refractivity contribution in [1.29, 1.82) is 0 Å². The Bertz CT molecular complexity index is 1950. The van der Waals surface area contributed by atoms with Crippen LogP contribution in [0.15, 0.2) is 53.0 Å². The Hall–Kier alpha value is -2.46. The summed E-state index contributed by atoms with van der Waals surface area (Å²) >= 11 is 3.32. The fraction of sp³-hybridized carbons (Fsp3) is 0.754. The highest BCUT2D eigenvalue weighted by Gasteiger charge is 2.61. The Morgan fingerprint density at radius 2 is 0.985 bits per heavy atom. The van der Waals surface area contributed by atoms with Gasteiger partial charge in [-0.3, -0.25) is 14.4 Å². The molecule has 0 spiro atoms. The Morgan fingerprint density at radius 1 is 0.561 bits per heavy atom. The van der Waals surface area contributed by atoms with Crippen LogP contribution in [0.5, 0.6) is 11.5 Å². The SMILES string of the molecule is C.CON(C)C(=O)[C@H]1CC[C@H]2[C@@H]3CC[C@@H]4C[C@](C)(O)CC[C@@H]4[C@H]3CC[C@]12C.COc1ccc(Br)cc1.COc1ccc(C(=O)[C@H]2CC[C@H]3[C@@H]4CC[C@@H]5C[C@](C)(O)CC[C@@H]5[C@H]4CC[C@]23C)cc1. The monoisotopic (exact) mass is 976 g/mol. The molecule has 0 radical (unpaired) electrons. The highest BCUT2D eigenvalue weighted by atomic mass is 79.9. The third-order valence-electron chi connectivity index (χ3n) is 20.1. The number of carbonyl (C=O) groups excluding carboxylic acids is 2. The van der Waals surface area contributed by atoms with Gasteiger partial charge >= 0.3 is 0 Å². The summed E-state index contributed by atoms with van der Waals surface area (Å²) in [5.74, 6) is 10.2. The van der Waals surface area contributed by atoms with E-state index in [9.17, 15) is 19.8 Å². The lowest BCUT2D eigenvalue weighted by molar-refractivity contribution is -0.180. The van der Waals surface area contributed by atoms with E-state index in [2.05, 4.69) is 29.8 Å². The van der Waals surface area contributed by atoms with E-state index in [1.54, 1.807) is 28.4 Å². The molecule has 8 aliphatic rings. The van der Waals surface area contributed by atoms with E-state index in [-0.39, 0.29) is 36.0 Å². The van der Waals surface area contributed by atoms with Gasteiger partial charge in [0.05, 0.1) is 32.5 Å². The molecule has 2 N–H and O–H groups in total. The summed E-state index contributed by atoms with van der Waals surface area (Å²) in [5, 5.41) is 22.6. The largest absolute Gasteiger partial charge is 0.497 e. The van der Waals surface area contributed by atoms with Gasteiger partial charge in [0, 0.05) is 28.9 Å². The third-order valence-corrected chi connectivity index (χ3v) is 20.6. The minimum absolute atomic E-state index is 0. The lowest BCUT2D eigenvalue weighted by atomic mass is 9.49. The summed E-state index contributed by atoms with van der Waals surface area (Å²) in [6.07, 6.45) is 21.0. The number of aliphatic hydroxyl groups is 2. The summed E-state index contributed by atoms with van der Waals surface area (Å²) in [4.78, 5) is 31.6. The van der Waals surface area contributed by atoms with Gasteiger partial charge in [-0.15, -0.1) is 0 Å². The predicted octanol–water partition coefficient (Wildman–Crippen LogP) is 13.0. The zero-order chi connectivity index (χ0) is 46.5. The summed E-state index contributed by atoms with van der Waals surface area (Å²) in [6, 6.07) is 15.4. The van der Waals surface area contributed by atoms with Gasteiger partial charge in [0.15, 0.2) is 5.78 Å². The van der Waals surface area contributed by atoms with E-state index in [1.807, 2.05) is 62.4 Å². The Balaban J connectivity index is 0.000000164. The average molecular weight is 977 g/mol. The van der Waals surface area contributed by atoms with E-state index in [0.29, 0.717) is 17.6 Å². The lowest BCUT2D eigenvalue weighted by Crippen LogP contribution is -2.51. The number of ketones is 1. The molecule has 66 heavy (non-hydrogen) atoms. The van der Waals surface area contributed by atoms with Crippen molar-refractivity contribution in [2.45, 2.75) is 162 Å². The van der Waals surface area contributed by atoms with E-state index in [1.165, 1.54) is 82.1 Å². The van der Waals surface area contributed by atoms with Crippen molar-refractivity contribution in [1.82, 2.24) is 5.06 Å². The van der Waals surface area contributed by atoms with Gasteiger partial charge in [-0.05, 0) is 248 Å². The second kappa shape index (κ2) is 20.5. The highest BCUT2D eigenvalue weighted by Crippen LogP contribution is 2.66. The standard InChI is InChI=1S/C27H38O3.C22H37NO3.C7H7BrO.CH4/c1-26(29)14-12-20-18(16-26)6-9-22-21(20)13-15-27(2)23(22)10-11-24(27)25(28)17-4-7-19(30-3)8-5-17;1-21(25)11-9-15-14(13-21)5-6-17-16(15)10-12-22(2)18(17)7-8-19(22)20(24)23(3)26-4;1-9-7-4-2-6(8)3-5-7;/h4-5,7-8,18,20-24,29H,6,9-16H2,1-3H3;14-19,25H,5-13H2,1-4H3;2-5H,1H3;1H4/t18-,20+,21-,22-,23+,24-,26-,27+;14-,15+,16-,17-,18+,19-,21-,22+;;/m11../s1. The zero-order valence-corrected chi connectivity index (χ0v) is 42.6. The van der Waals surface area contributed by atoms with E-state index in [4.69, 9.17) is 14.3 Å². The second-order valence-electron chi connectivity index (χ2n) is 23.5. The molecule has 368 valence electrons. The molecule has 8 saturated carbocycles. The van der Waals surface area contributed by atoms with Crippen molar-refractivity contribution in [3.8, 4) is 11.5 Å². The number of rotatable bonds is 6. The summed E-state index contributed by atoms with van der Waals surface area (Å²) in [7, 11) is 6.66. The average Bonchev–Trinajstić information content (AvgIpc) is 3.84. The second-order valence-corrected chi connectivity index (χ2v) is 24.4. The topological polar surface area (TPSA) is 106 Å². The predicted molar refractivity (Wildman–Crippen MR) is 267 cm³/mol. The molecular formula is C57H86BrNO7. The number of ether oxygens (including phenoxy) is 2. The molecular weight excluding hydrogens is 891 g/mol. The van der Waals surface area contributed by atoms with Crippen LogP contribution in [0.3, 0.4) is 0 Å². The fourth-order valence-corrected chi connectivity index (χ4v) is 17.1. The van der Waals surface area contributed by atoms with Crippen molar-refractivity contribution >= 4 is 27.6 Å².